The van der Waals surface area contributed by atoms with Crippen molar-refractivity contribution in [1.82, 2.24) is 9.88 Å². The van der Waals surface area contributed by atoms with Crippen molar-refractivity contribution in [2.75, 3.05) is 13.2 Å². The van der Waals surface area contributed by atoms with E-state index in [1.165, 1.54) is 0 Å². The van der Waals surface area contributed by atoms with Gasteiger partial charge in [0.05, 0.1) is 18.2 Å². The molecule has 1 amide bonds. The summed E-state index contributed by atoms with van der Waals surface area (Å²) in [6.45, 7) is 0.767. The minimum absolute atomic E-state index is 0.0312. The number of hydrogen-bond donors (Lipinski definition) is 1. The maximum atomic E-state index is 12.2. The van der Waals surface area contributed by atoms with Gasteiger partial charge in [0.2, 0.25) is 5.91 Å². The molecule has 1 N–H and O–H groups in total. The van der Waals surface area contributed by atoms with Crippen LogP contribution in [0.15, 0.2) is 42.6 Å². The summed E-state index contributed by atoms with van der Waals surface area (Å²) in [5.74, 6) is -0.0348. The van der Waals surface area contributed by atoms with E-state index in [4.69, 9.17) is 0 Å². The van der Waals surface area contributed by atoms with Crippen LogP contribution in [0.4, 0.5) is 0 Å². The molecule has 4 heteroatoms. The van der Waals surface area contributed by atoms with Gasteiger partial charge in [0, 0.05) is 24.2 Å². The van der Waals surface area contributed by atoms with Gasteiger partial charge in [-0.05, 0) is 36.6 Å². The van der Waals surface area contributed by atoms with Crippen LogP contribution in [-0.2, 0) is 4.79 Å². The number of aliphatic hydroxyl groups is 1. The highest BCUT2D eigenvalue weighted by Crippen LogP contribution is 2.19. The molecular formula is C17H18N2O2. The highest BCUT2D eigenvalue weighted by Gasteiger charge is 2.26. The Morgan fingerprint density at radius 1 is 1.38 bits per heavy atom. The van der Waals surface area contributed by atoms with E-state index in [-0.39, 0.29) is 18.6 Å². The molecule has 2 aromatic rings. The number of hydrogen-bond acceptors (Lipinski definition) is 3. The second-order valence-corrected chi connectivity index (χ2v) is 5.26. The first-order valence-electron chi connectivity index (χ1n) is 7.23. The van der Waals surface area contributed by atoms with Gasteiger partial charge in [-0.3, -0.25) is 9.78 Å². The van der Waals surface area contributed by atoms with Crippen LogP contribution < -0.4 is 0 Å². The minimum atomic E-state index is -0.0348. The average Bonchev–Trinajstić information content (AvgIpc) is 3.01. The Morgan fingerprint density at radius 3 is 3.10 bits per heavy atom. The Kier molecular flexibility index (Phi) is 3.97. The fourth-order valence-corrected chi connectivity index (χ4v) is 2.84. The van der Waals surface area contributed by atoms with Gasteiger partial charge in [0.25, 0.3) is 0 Å². The maximum Gasteiger partial charge on any atom is 0.246 e. The van der Waals surface area contributed by atoms with Crippen molar-refractivity contribution in [2.45, 2.75) is 18.9 Å². The van der Waals surface area contributed by atoms with Crippen molar-refractivity contribution in [3.8, 4) is 0 Å². The number of rotatable bonds is 3. The summed E-state index contributed by atoms with van der Waals surface area (Å²) in [5.41, 5.74) is 1.90. The largest absolute Gasteiger partial charge is 0.394 e. The Labute approximate surface area is 123 Å². The van der Waals surface area contributed by atoms with Gasteiger partial charge in [0.1, 0.15) is 0 Å². The van der Waals surface area contributed by atoms with E-state index in [0.29, 0.717) is 0 Å². The highest BCUT2D eigenvalue weighted by atomic mass is 16.3. The van der Waals surface area contributed by atoms with Gasteiger partial charge in [-0.1, -0.05) is 18.2 Å². The second-order valence-electron chi connectivity index (χ2n) is 5.26. The number of aromatic nitrogens is 1. The monoisotopic (exact) mass is 282 g/mol. The van der Waals surface area contributed by atoms with Crippen LogP contribution in [0.2, 0.25) is 0 Å². The maximum absolute atomic E-state index is 12.2. The number of nitrogens with zero attached hydrogens (tertiary/aromatic N) is 2. The standard InChI is InChI=1S/C17H18N2O2/c20-12-14-4-3-11-19(14)17(21)8-7-13-9-10-18-16-6-2-1-5-15(13)16/h1-2,5-10,14,20H,3-4,11-12H2. The Bertz CT molecular complexity index is 676. The number of likely N-dealkylation sites (tertiary alicyclic amines) is 1. The van der Waals surface area contributed by atoms with E-state index >= 15 is 0 Å². The third kappa shape index (κ3) is 2.81. The lowest BCUT2D eigenvalue weighted by atomic mass is 10.1. The van der Waals surface area contributed by atoms with Gasteiger partial charge in [-0.2, -0.15) is 0 Å². The van der Waals surface area contributed by atoms with Crippen LogP contribution in [-0.4, -0.2) is 40.1 Å². The molecule has 1 aliphatic rings. The SMILES string of the molecule is O=C(C=Cc1ccnc2ccccc12)N1CCCC1CO. The van der Waals surface area contributed by atoms with Crippen LogP contribution >= 0.6 is 0 Å². The Morgan fingerprint density at radius 2 is 2.24 bits per heavy atom. The molecular weight excluding hydrogens is 264 g/mol. The molecule has 0 saturated carbocycles. The van der Waals surface area contributed by atoms with Crippen LogP contribution in [0.1, 0.15) is 18.4 Å². The predicted molar refractivity (Wildman–Crippen MR) is 82.6 cm³/mol. The van der Waals surface area contributed by atoms with E-state index < -0.39 is 0 Å². The van der Waals surface area contributed by atoms with E-state index in [2.05, 4.69) is 4.98 Å². The molecule has 2 heterocycles. The fourth-order valence-electron chi connectivity index (χ4n) is 2.84. The molecule has 0 bridgehead atoms. The predicted octanol–water partition coefficient (Wildman–Crippen LogP) is 2.23. The summed E-state index contributed by atoms with van der Waals surface area (Å²) in [7, 11) is 0. The molecule has 1 atom stereocenters. The zero-order valence-electron chi connectivity index (χ0n) is 11.8. The van der Waals surface area contributed by atoms with Crippen LogP contribution in [0.3, 0.4) is 0 Å². The van der Waals surface area contributed by atoms with Gasteiger partial charge >= 0.3 is 0 Å². The zero-order chi connectivity index (χ0) is 14.7. The smallest absolute Gasteiger partial charge is 0.246 e. The number of amides is 1. The van der Waals surface area contributed by atoms with E-state index in [0.717, 1.165) is 35.9 Å². The van der Waals surface area contributed by atoms with Crippen molar-refractivity contribution >= 4 is 22.9 Å². The molecule has 1 aromatic carbocycles. The van der Waals surface area contributed by atoms with E-state index in [9.17, 15) is 9.90 Å². The molecule has 0 spiro atoms. The quantitative estimate of drug-likeness (QED) is 0.878. The Balaban J connectivity index is 1.83. The minimum Gasteiger partial charge on any atom is -0.394 e. The molecule has 108 valence electrons. The van der Waals surface area contributed by atoms with Gasteiger partial charge < -0.3 is 10.0 Å². The third-order valence-corrected chi connectivity index (χ3v) is 3.96. The summed E-state index contributed by atoms with van der Waals surface area (Å²) >= 11 is 0. The van der Waals surface area contributed by atoms with Gasteiger partial charge in [-0.15, -0.1) is 0 Å². The Hall–Kier alpha value is -2.20. The first-order valence-corrected chi connectivity index (χ1v) is 7.23. The first-order chi connectivity index (χ1) is 10.3. The molecule has 1 aliphatic heterocycles. The van der Waals surface area contributed by atoms with Crippen molar-refractivity contribution in [3.63, 3.8) is 0 Å². The highest BCUT2D eigenvalue weighted by molar-refractivity contribution is 5.95. The topological polar surface area (TPSA) is 53.4 Å². The van der Waals surface area contributed by atoms with Crippen molar-refractivity contribution in [2.24, 2.45) is 0 Å². The van der Waals surface area contributed by atoms with Crippen molar-refractivity contribution in [1.29, 1.82) is 0 Å². The van der Waals surface area contributed by atoms with Crippen LogP contribution in [0.25, 0.3) is 17.0 Å². The molecule has 0 radical (unpaired) electrons. The van der Waals surface area contributed by atoms with E-state index in [1.54, 1.807) is 17.2 Å². The molecule has 1 saturated heterocycles. The number of benzene rings is 1. The summed E-state index contributed by atoms with van der Waals surface area (Å²) in [4.78, 5) is 18.3. The zero-order valence-corrected chi connectivity index (χ0v) is 11.8. The fraction of sp³-hybridized carbons (Fsp3) is 0.294. The van der Waals surface area contributed by atoms with Gasteiger partial charge in [0.15, 0.2) is 0 Å². The number of para-hydroxylation sites is 1. The van der Waals surface area contributed by atoms with Crippen LogP contribution in [0, 0.1) is 0 Å². The normalized spacial score (nSPS) is 18.7. The van der Waals surface area contributed by atoms with E-state index in [1.807, 2.05) is 36.4 Å². The molecule has 4 nitrogen and oxygen atoms in total. The number of carbonyl (C=O) groups is 1. The van der Waals surface area contributed by atoms with Crippen molar-refractivity contribution in [3.05, 3.63) is 48.2 Å². The molecule has 1 unspecified atom stereocenters. The second kappa shape index (κ2) is 6.06. The van der Waals surface area contributed by atoms with Gasteiger partial charge in [-0.25, -0.2) is 0 Å². The third-order valence-electron chi connectivity index (χ3n) is 3.96. The first kappa shape index (κ1) is 13.8. The van der Waals surface area contributed by atoms with Crippen molar-refractivity contribution < 1.29 is 9.90 Å². The summed E-state index contributed by atoms with van der Waals surface area (Å²) in [6, 6.07) is 9.74. The molecule has 0 aliphatic carbocycles. The number of fused-ring (bicyclic) bond motifs is 1. The molecule has 3 rings (SSSR count). The summed E-state index contributed by atoms with van der Waals surface area (Å²) in [6.07, 6.45) is 7.02. The summed E-state index contributed by atoms with van der Waals surface area (Å²) in [5, 5.41) is 10.3. The lowest BCUT2D eigenvalue weighted by Crippen LogP contribution is -2.36. The number of aliphatic hydroxyl groups excluding tert-OH is 1. The lowest BCUT2D eigenvalue weighted by molar-refractivity contribution is -0.127. The van der Waals surface area contributed by atoms with Crippen LogP contribution in [0.5, 0.6) is 0 Å². The molecule has 1 aromatic heterocycles. The average molecular weight is 282 g/mol. The number of carbonyl (C=O) groups excluding carboxylic acids is 1. The molecule has 21 heavy (non-hydrogen) atoms. The number of pyridine rings is 1. The molecule has 1 fully saturated rings. The lowest BCUT2D eigenvalue weighted by Gasteiger charge is -2.21. The summed E-state index contributed by atoms with van der Waals surface area (Å²) < 4.78 is 0.